The van der Waals surface area contributed by atoms with Gasteiger partial charge in [0.05, 0.1) is 18.8 Å². The van der Waals surface area contributed by atoms with Gasteiger partial charge in [0.15, 0.2) is 0 Å². The molecule has 3 N–H and O–H groups in total. The molecule has 1 heterocycles. The van der Waals surface area contributed by atoms with Crippen molar-refractivity contribution in [2.45, 2.75) is 19.1 Å². The number of nitrogens with zero attached hydrogens (tertiary/aromatic N) is 1. The molecule has 1 fully saturated rings. The fourth-order valence-electron chi connectivity index (χ4n) is 2.36. The quantitative estimate of drug-likeness (QED) is 0.839. The highest BCUT2D eigenvalue weighted by molar-refractivity contribution is 5.59. The Morgan fingerprint density at radius 1 is 1.33 bits per heavy atom. The van der Waals surface area contributed by atoms with Crippen molar-refractivity contribution in [3.63, 3.8) is 0 Å². The van der Waals surface area contributed by atoms with Crippen LogP contribution in [0.5, 0.6) is 0 Å². The molecule has 1 aromatic rings. The smallest absolute Gasteiger partial charge is 0.399 e. The minimum absolute atomic E-state index is 0.0665. The fourth-order valence-corrected chi connectivity index (χ4v) is 2.36. The van der Waals surface area contributed by atoms with Gasteiger partial charge in [-0.2, -0.15) is 13.2 Å². The fraction of sp³-hybridized carbons (Fsp3) is 0.571. The Bertz CT molecular complexity index is 473. The number of ether oxygens (including phenoxy) is 1. The molecule has 0 aromatic heterocycles. The van der Waals surface area contributed by atoms with Crippen LogP contribution in [0.1, 0.15) is 12.5 Å². The third-order valence-electron chi connectivity index (χ3n) is 3.61. The van der Waals surface area contributed by atoms with E-state index in [0.717, 1.165) is 19.2 Å². The Labute approximate surface area is 122 Å². The van der Waals surface area contributed by atoms with Gasteiger partial charge in [0.25, 0.3) is 0 Å². The molecule has 1 saturated heterocycles. The van der Waals surface area contributed by atoms with Gasteiger partial charge in [-0.1, -0.05) is 0 Å². The first-order valence-corrected chi connectivity index (χ1v) is 6.90. The maximum absolute atomic E-state index is 13.0. The zero-order valence-electron chi connectivity index (χ0n) is 11.9. The van der Waals surface area contributed by atoms with Crippen molar-refractivity contribution in [3.05, 3.63) is 23.8 Å². The predicted octanol–water partition coefficient (Wildman–Crippen LogP) is 2.42. The molecule has 0 aliphatic carbocycles. The largest absolute Gasteiger partial charge is 0.418 e. The molecule has 1 aliphatic heterocycles. The Hall–Kier alpha value is -1.47. The number of rotatable bonds is 4. The van der Waals surface area contributed by atoms with Crippen LogP contribution in [0.3, 0.4) is 0 Å². The van der Waals surface area contributed by atoms with E-state index in [0.29, 0.717) is 19.8 Å². The lowest BCUT2D eigenvalue weighted by Gasteiger charge is -2.32. The van der Waals surface area contributed by atoms with Gasteiger partial charge >= 0.3 is 6.18 Å². The number of alkyl halides is 3. The lowest BCUT2D eigenvalue weighted by Crippen LogP contribution is -2.45. The lowest BCUT2D eigenvalue weighted by atomic mass is 10.1. The maximum Gasteiger partial charge on any atom is 0.418 e. The number of hydrogen-bond acceptors (Lipinski definition) is 4. The van der Waals surface area contributed by atoms with Crippen LogP contribution in [0.4, 0.5) is 24.5 Å². The number of nitrogens with one attached hydrogen (secondary N) is 1. The Kier molecular flexibility index (Phi) is 4.95. The molecule has 21 heavy (non-hydrogen) atoms. The second kappa shape index (κ2) is 6.53. The van der Waals surface area contributed by atoms with E-state index in [-0.39, 0.29) is 17.4 Å². The van der Waals surface area contributed by atoms with Gasteiger partial charge in [0.1, 0.15) is 0 Å². The van der Waals surface area contributed by atoms with Crippen LogP contribution in [0.15, 0.2) is 18.2 Å². The molecule has 0 amide bonds. The van der Waals surface area contributed by atoms with Gasteiger partial charge in [0, 0.05) is 37.1 Å². The molecule has 118 valence electrons. The first-order chi connectivity index (χ1) is 9.88. The van der Waals surface area contributed by atoms with Crippen LogP contribution in [-0.2, 0) is 10.9 Å². The minimum atomic E-state index is -4.42. The molecule has 0 radical (unpaired) electrons. The summed E-state index contributed by atoms with van der Waals surface area (Å²) in [6.45, 7) is 5.36. The summed E-state index contributed by atoms with van der Waals surface area (Å²) < 4.78 is 44.2. The predicted molar refractivity (Wildman–Crippen MR) is 76.2 cm³/mol. The van der Waals surface area contributed by atoms with E-state index in [9.17, 15) is 13.2 Å². The number of benzene rings is 1. The van der Waals surface area contributed by atoms with E-state index >= 15 is 0 Å². The second-order valence-corrected chi connectivity index (χ2v) is 5.18. The Morgan fingerprint density at radius 3 is 2.62 bits per heavy atom. The second-order valence-electron chi connectivity index (χ2n) is 5.18. The van der Waals surface area contributed by atoms with Gasteiger partial charge in [-0.15, -0.1) is 0 Å². The van der Waals surface area contributed by atoms with Gasteiger partial charge in [-0.25, -0.2) is 0 Å². The summed E-state index contributed by atoms with van der Waals surface area (Å²) in [5.41, 5.74) is 4.89. The molecule has 1 atom stereocenters. The molecular weight excluding hydrogens is 283 g/mol. The summed E-state index contributed by atoms with van der Waals surface area (Å²) in [5, 5.41) is 2.89. The molecule has 0 saturated carbocycles. The number of morpholine rings is 1. The average Bonchev–Trinajstić information content (AvgIpc) is 2.45. The number of nitrogens with two attached hydrogens (primary N) is 1. The number of nitrogen functional groups attached to an aromatic ring is 1. The van der Waals surface area contributed by atoms with Crippen LogP contribution in [0, 0.1) is 0 Å². The van der Waals surface area contributed by atoms with E-state index < -0.39 is 11.7 Å². The summed E-state index contributed by atoms with van der Waals surface area (Å²) in [6, 6.07) is 3.94. The van der Waals surface area contributed by atoms with Crippen LogP contribution in [0.25, 0.3) is 0 Å². The Morgan fingerprint density at radius 2 is 2.00 bits per heavy atom. The molecule has 4 nitrogen and oxygen atoms in total. The average molecular weight is 303 g/mol. The highest BCUT2D eigenvalue weighted by Crippen LogP contribution is 2.36. The van der Waals surface area contributed by atoms with Crippen molar-refractivity contribution in [1.82, 2.24) is 4.90 Å². The lowest BCUT2D eigenvalue weighted by molar-refractivity contribution is -0.136. The van der Waals surface area contributed by atoms with Crippen LogP contribution >= 0.6 is 0 Å². The molecule has 2 rings (SSSR count). The SMILES string of the molecule is CC(CNc1ccc(N)cc1C(F)(F)F)N1CCOCC1. The normalized spacial score (nSPS) is 18.5. The van der Waals surface area contributed by atoms with E-state index in [1.807, 2.05) is 6.92 Å². The third kappa shape index (κ3) is 4.25. The Balaban J connectivity index is 2.02. The summed E-state index contributed by atoms with van der Waals surface area (Å²) in [7, 11) is 0. The van der Waals surface area contributed by atoms with Crippen LogP contribution in [-0.4, -0.2) is 43.8 Å². The number of anilines is 2. The van der Waals surface area contributed by atoms with E-state index in [4.69, 9.17) is 10.5 Å². The van der Waals surface area contributed by atoms with E-state index in [1.54, 1.807) is 0 Å². The van der Waals surface area contributed by atoms with E-state index in [2.05, 4.69) is 10.2 Å². The highest BCUT2D eigenvalue weighted by Gasteiger charge is 2.33. The monoisotopic (exact) mass is 303 g/mol. The molecule has 7 heteroatoms. The molecular formula is C14H20F3N3O. The molecule has 1 aliphatic rings. The standard InChI is InChI=1S/C14H20F3N3O/c1-10(20-4-6-21-7-5-20)9-19-13-3-2-11(18)8-12(13)14(15,16)17/h2-3,8,10,19H,4-7,9,18H2,1H3. The third-order valence-corrected chi connectivity index (χ3v) is 3.61. The van der Waals surface area contributed by atoms with Crippen molar-refractivity contribution in [1.29, 1.82) is 0 Å². The summed E-state index contributed by atoms with van der Waals surface area (Å²) in [4.78, 5) is 2.20. The zero-order chi connectivity index (χ0) is 15.5. The minimum Gasteiger partial charge on any atom is -0.399 e. The van der Waals surface area contributed by atoms with Crippen molar-refractivity contribution < 1.29 is 17.9 Å². The summed E-state index contributed by atoms with van der Waals surface area (Å²) >= 11 is 0. The molecule has 0 bridgehead atoms. The zero-order valence-corrected chi connectivity index (χ0v) is 11.9. The molecule has 1 unspecified atom stereocenters. The van der Waals surface area contributed by atoms with Crippen LogP contribution < -0.4 is 11.1 Å². The van der Waals surface area contributed by atoms with E-state index in [1.165, 1.54) is 12.1 Å². The van der Waals surface area contributed by atoms with Crippen molar-refractivity contribution in [2.75, 3.05) is 43.9 Å². The van der Waals surface area contributed by atoms with Gasteiger partial charge < -0.3 is 15.8 Å². The molecule has 0 spiro atoms. The number of halogens is 3. The number of hydrogen-bond donors (Lipinski definition) is 2. The van der Waals surface area contributed by atoms with Crippen molar-refractivity contribution in [2.24, 2.45) is 0 Å². The van der Waals surface area contributed by atoms with Gasteiger partial charge in [-0.3, -0.25) is 4.90 Å². The molecule has 1 aromatic carbocycles. The maximum atomic E-state index is 13.0. The first-order valence-electron chi connectivity index (χ1n) is 6.90. The topological polar surface area (TPSA) is 50.5 Å². The first kappa shape index (κ1) is 15.9. The highest BCUT2D eigenvalue weighted by atomic mass is 19.4. The van der Waals surface area contributed by atoms with Crippen molar-refractivity contribution in [3.8, 4) is 0 Å². The summed E-state index contributed by atoms with van der Waals surface area (Å²) in [5.74, 6) is 0. The van der Waals surface area contributed by atoms with Crippen LogP contribution in [0.2, 0.25) is 0 Å². The van der Waals surface area contributed by atoms with Gasteiger partial charge in [0.2, 0.25) is 0 Å². The summed E-state index contributed by atoms with van der Waals surface area (Å²) in [6.07, 6.45) is -4.42. The van der Waals surface area contributed by atoms with Gasteiger partial charge in [-0.05, 0) is 25.1 Å². The van der Waals surface area contributed by atoms with Crippen molar-refractivity contribution >= 4 is 11.4 Å².